The molecule has 3 heterocycles. The Morgan fingerprint density at radius 3 is 2.72 bits per heavy atom. The number of nitrogens with one attached hydrogen (secondary N) is 1. The van der Waals surface area contributed by atoms with E-state index < -0.39 is 0 Å². The molecule has 0 radical (unpaired) electrons. The molecule has 0 unspecified atom stereocenters. The minimum Gasteiger partial charge on any atom is -0.455 e. The largest absolute Gasteiger partial charge is 0.455 e. The second-order valence-corrected chi connectivity index (χ2v) is 8.70. The molecule has 0 atom stereocenters. The molecular weight excluding hydrogens is 386 g/mol. The average Bonchev–Trinajstić information content (AvgIpc) is 3.36. The summed E-state index contributed by atoms with van der Waals surface area (Å²) in [6.07, 6.45) is 3.65. The number of imidazole rings is 2. The van der Waals surface area contributed by atoms with Crippen molar-refractivity contribution in [2.24, 2.45) is 7.05 Å². The van der Waals surface area contributed by atoms with Gasteiger partial charge in [0.25, 0.3) is 5.91 Å². The van der Waals surface area contributed by atoms with Crippen LogP contribution in [0.3, 0.4) is 0 Å². The molecule has 7 nitrogen and oxygen atoms in total. The standard InChI is InChI=1S/C21H23N5O2S/c1-21(2,3)26-16-8-6-5-7-15(16)23-19(26)24-18(27)17-10-9-14(28-17)13-29-20-22-11-12-25(20)4/h5-12H,13H2,1-4H3,(H,23,24,27). The molecule has 0 spiro atoms. The number of benzene rings is 1. The van der Waals surface area contributed by atoms with E-state index in [2.05, 4.69) is 36.1 Å². The van der Waals surface area contributed by atoms with Gasteiger partial charge in [0.15, 0.2) is 10.9 Å². The highest BCUT2D eigenvalue weighted by Crippen LogP contribution is 2.28. The number of aryl methyl sites for hydroxylation is 1. The first kappa shape index (κ1) is 19.3. The van der Waals surface area contributed by atoms with Gasteiger partial charge < -0.3 is 13.6 Å². The number of aromatic nitrogens is 4. The van der Waals surface area contributed by atoms with E-state index in [1.54, 1.807) is 24.0 Å². The van der Waals surface area contributed by atoms with E-state index in [-0.39, 0.29) is 17.2 Å². The Labute approximate surface area is 173 Å². The summed E-state index contributed by atoms with van der Waals surface area (Å²) in [5, 5.41) is 3.81. The number of rotatable bonds is 5. The Bertz CT molecular complexity index is 1170. The Morgan fingerprint density at radius 1 is 1.21 bits per heavy atom. The molecule has 0 aliphatic carbocycles. The Balaban J connectivity index is 1.53. The number of nitrogens with zero attached hydrogens (tertiary/aromatic N) is 4. The molecule has 1 aromatic carbocycles. The summed E-state index contributed by atoms with van der Waals surface area (Å²) < 4.78 is 9.72. The van der Waals surface area contributed by atoms with Gasteiger partial charge in [0.2, 0.25) is 5.95 Å². The Hall–Kier alpha value is -3.00. The van der Waals surface area contributed by atoms with Crippen LogP contribution in [0.1, 0.15) is 37.1 Å². The molecule has 4 aromatic rings. The summed E-state index contributed by atoms with van der Waals surface area (Å²) in [7, 11) is 1.94. The number of amides is 1. The average molecular weight is 410 g/mol. The molecule has 0 saturated carbocycles. The van der Waals surface area contributed by atoms with Crippen LogP contribution in [-0.2, 0) is 18.3 Å². The number of furan rings is 1. The van der Waals surface area contributed by atoms with E-state index >= 15 is 0 Å². The van der Waals surface area contributed by atoms with Gasteiger partial charge in [-0.25, -0.2) is 9.97 Å². The molecule has 0 saturated heterocycles. The van der Waals surface area contributed by atoms with Crippen molar-refractivity contribution in [3.05, 3.63) is 60.3 Å². The summed E-state index contributed by atoms with van der Waals surface area (Å²) in [5.41, 5.74) is 1.57. The zero-order valence-corrected chi connectivity index (χ0v) is 17.7. The maximum Gasteiger partial charge on any atom is 0.293 e. The molecule has 8 heteroatoms. The zero-order valence-electron chi connectivity index (χ0n) is 16.8. The van der Waals surface area contributed by atoms with Gasteiger partial charge in [0.05, 0.1) is 16.8 Å². The lowest BCUT2D eigenvalue weighted by Crippen LogP contribution is -2.25. The van der Waals surface area contributed by atoms with Gasteiger partial charge >= 0.3 is 0 Å². The monoisotopic (exact) mass is 409 g/mol. The topological polar surface area (TPSA) is 77.9 Å². The molecule has 4 rings (SSSR count). The quantitative estimate of drug-likeness (QED) is 0.485. The lowest BCUT2D eigenvalue weighted by Gasteiger charge is -2.24. The van der Waals surface area contributed by atoms with Crippen molar-refractivity contribution in [2.75, 3.05) is 5.32 Å². The van der Waals surface area contributed by atoms with Crippen LogP contribution in [0.5, 0.6) is 0 Å². The van der Waals surface area contributed by atoms with E-state index in [1.807, 2.05) is 52.7 Å². The van der Waals surface area contributed by atoms with E-state index in [0.29, 0.717) is 17.5 Å². The maximum atomic E-state index is 12.8. The first-order chi connectivity index (χ1) is 13.8. The van der Waals surface area contributed by atoms with E-state index in [1.165, 1.54) is 0 Å². The fourth-order valence-electron chi connectivity index (χ4n) is 3.16. The molecular formula is C21H23N5O2S. The highest BCUT2D eigenvalue weighted by atomic mass is 32.2. The first-order valence-electron chi connectivity index (χ1n) is 9.31. The minimum absolute atomic E-state index is 0.244. The van der Waals surface area contributed by atoms with Crippen molar-refractivity contribution < 1.29 is 9.21 Å². The molecule has 1 amide bonds. The first-order valence-corrected chi connectivity index (χ1v) is 10.3. The van der Waals surface area contributed by atoms with Gasteiger partial charge in [0.1, 0.15) is 5.76 Å². The van der Waals surface area contributed by atoms with Crippen molar-refractivity contribution >= 4 is 34.7 Å². The summed E-state index contributed by atoms with van der Waals surface area (Å²) in [6, 6.07) is 11.4. The number of para-hydroxylation sites is 2. The number of hydrogen-bond acceptors (Lipinski definition) is 5. The highest BCUT2D eigenvalue weighted by molar-refractivity contribution is 7.98. The van der Waals surface area contributed by atoms with Crippen LogP contribution in [0, 0.1) is 0 Å². The molecule has 0 aliphatic heterocycles. The molecule has 1 N–H and O–H groups in total. The Kier molecular flexibility index (Phi) is 4.96. The van der Waals surface area contributed by atoms with Crippen LogP contribution in [0.4, 0.5) is 5.95 Å². The van der Waals surface area contributed by atoms with Crippen LogP contribution in [0.2, 0.25) is 0 Å². The number of anilines is 1. The molecule has 0 bridgehead atoms. The normalized spacial score (nSPS) is 11.9. The van der Waals surface area contributed by atoms with Gasteiger partial charge in [-0.05, 0) is 45.0 Å². The van der Waals surface area contributed by atoms with Crippen LogP contribution >= 0.6 is 11.8 Å². The van der Waals surface area contributed by atoms with Crippen LogP contribution < -0.4 is 5.32 Å². The third-order valence-electron chi connectivity index (χ3n) is 4.46. The van der Waals surface area contributed by atoms with Crippen molar-refractivity contribution in [3.8, 4) is 0 Å². The number of fused-ring (bicyclic) bond motifs is 1. The zero-order chi connectivity index (χ0) is 20.6. The lowest BCUT2D eigenvalue weighted by atomic mass is 10.1. The number of thioether (sulfide) groups is 1. The molecule has 0 aliphatic rings. The third kappa shape index (κ3) is 3.93. The van der Waals surface area contributed by atoms with Crippen molar-refractivity contribution in [3.63, 3.8) is 0 Å². The summed E-state index contributed by atoms with van der Waals surface area (Å²) in [5.74, 6) is 1.75. The fourth-order valence-corrected chi connectivity index (χ4v) is 3.98. The molecule has 0 fully saturated rings. The smallest absolute Gasteiger partial charge is 0.293 e. The lowest BCUT2D eigenvalue weighted by molar-refractivity contribution is 0.0993. The number of carbonyl (C=O) groups excluding carboxylic acids is 1. The van der Waals surface area contributed by atoms with Crippen molar-refractivity contribution in [1.29, 1.82) is 0 Å². The SMILES string of the molecule is Cn1ccnc1SCc1ccc(C(=O)Nc2nc3ccccc3n2C(C)(C)C)o1. The number of carbonyl (C=O) groups is 1. The van der Waals surface area contributed by atoms with E-state index in [4.69, 9.17) is 4.42 Å². The van der Waals surface area contributed by atoms with E-state index in [9.17, 15) is 4.79 Å². The fraction of sp³-hybridized carbons (Fsp3) is 0.286. The molecule has 3 aromatic heterocycles. The van der Waals surface area contributed by atoms with E-state index in [0.717, 1.165) is 16.2 Å². The molecule has 150 valence electrons. The summed E-state index contributed by atoms with van der Waals surface area (Å²) >= 11 is 1.55. The third-order valence-corrected chi connectivity index (χ3v) is 5.54. The summed E-state index contributed by atoms with van der Waals surface area (Å²) in [6.45, 7) is 6.24. The maximum absolute atomic E-state index is 12.8. The van der Waals surface area contributed by atoms with Gasteiger partial charge in [-0.1, -0.05) is 23.9 Å². The van der Waals surface area contributed by atoms with Crippen molar-refractivity contribution in [2.45, 2.75) is 37.2 Å². The van der Waals surface area contributed by atoms with Crippen LogP contribution in [0.15, 0.2) is 58.4 Å². The second-order valence-electron chi connectivity index (χ2n) is 7.76. The highest BCUT2D eigenvalue weighted by Gasteiger charge is 2.23. The van der Waals surface area contributed by atoms with Crippen LogP contribution in [-0.4, -0.2) is 25.0 Å². The van der Waals surface area contributed by atoms with Gasteiger partial charge in [-0.15, -0.1) is 0 Å². The van der Waals surface area contributed by atoms with Gasteiger partial charge in [-0.3, -0.25) is 10.1 Å². The summed E-state index contributed by atoms with van der Waals surface area (Å²) in [4.78, 5) is 21.7. The minimum atomic E-state index is -0.320. The predicted octanol–water partition coefficient (Wildman–Crippen LogP) is 4.66. The second kappa shape index (κ2) is 7.44. The van der Waals surface area contributed by atoms with Crippen molar-refractivity contribution in [1.82, 2.24) is 19.1 Å². The number of hydrogen-bond donors (Lipinski definition) is 1. The van der Waals surface area contributed by atoms with Gasteiger partial charge in [0, 0.05) is 25.0 Å². The predicted molar refractivity (Wildman–Crippen MR) is 114 cm³/mol. The molecule has 29 heavy (non-hydrogen) atoms. The Morgan fingerprint density at radius 2 is 2.00 bits per heavy atom. The van der Waals surface area contributed by atoms with Crippen LogP contribution in [0.25, 0.3) is 11.0 Å². The van der Waals surface area contributed by atoms with Gasteiger partial charge in [-0.2, -0.15) is 0 Å².